The van der Waals surface area contributed by atoms with Gasteiger partial charge >= 0.3 is 0 Å². The molecule has 1 aromatic heterocycles. The molecule has 0 aliphatic heterocycles. The number of hydrogen-bond acceptors (Lipinski definition) is 3. The normalized spacial score (nSPS) is 15.9. The van der Waals surface area contributed by atoms with Crippen molar-refractivity contribution in [2.75, 3.05) is 6.61 Å². The lowest BCUT2D eigenvalue weighted by molar-refractivity contribution is -0.0416. The van der Waals surface area contributed by atoms with Crippen LogP contribution in [0.2, 0.25) is 0 Å². The van der Waals surface area contributed by atoms with Crippen LogP contribution in [0, 0.1) is 22.7 Å². The lowest BCUT2D eigenvalue weighted by Crippen LogP contribution is -2.31. The van der Waals surface area contributed by atoms with Gasteiger partial charge in [0.2, 0.25) is 0 Å². The van der Waals surface area contributed by atoms with Crippen LogP contribution in [0.4, 0.5) is 0 Å². The van der Waals surface area contributed by atoms with Crippen LogP contribution in [0.5, 0.6) is 0 Å². The fourth-order valence-electron chi connectivity index (χ4n) is 4.52. The second-order valence-electron chi connectivity index (χ2n) is 12.6. The SMILES string of the molecule is CCC(C)C(C)(C)CCOC(C)(C)CCn1cc(C(C)(C)CC(C)(C)C(C)CC)nn1. The van der Waals surface area contributed by atoms with Crippen molar-refractivity contribution < 1.29 is 4.74 Å². The van der Waals surface area contributed by atoms with Crippen LogP contribution in [-0.2, 0) is 16.7 Å². The minimum Gasteiger partial charge on any atom is -0.375 e. The van der Waals surface area contributed by atoms with E-state index in [1.807, 2.05) is 4.68 Å². The second-order valence-corrected chi connectivity index (χ2v) is 12.6. The quantitative estimate of drug-likeness (QED) is 0.301. The summed E-state index contributed by atoms with van der Waals surface area (Å²) >= 11 is 0. The maximum absolute atomic E-state index is 6.30. The van der Waals surface area contributed by atoms with Gasteiger partial charge in [-0.3, -0.25) is 4.68 Å². The third-order valence-corrected chi connectivity index (χ3v) is 8.20. The van der Waals surface area contributed by atoms with Gasteiger partial charge in [-0.2, -0.15) is 0 Å². The molecule has 0 aromatic carbocycles. The van der Waals surface area contributed by atoms with E-state index in [0.717, 1.165) is 38.1 Å². The minimum absolute atomic E-state index is 0.0127. The van der Waals surface area contributed by atoms with E-state index in [4.69, 9.17) is 4.74 Å². The van der Waals surface area contributed by atoms with Gasteiger partial charge in [0.05, 0.1) is 11.3 Å². The average Bonchev–Trinajstić information content (AvgIpc) is 3.14. The van der Waals surface area contributed by atoms with Crippen molar-refractivity contribution in [2.45, 2.75) is 133 Å². The van der Waals surface area contributed by atoms with E-state index in [9.17, 15) is 0 Å². The standard InChI is InChI=1S/C27H53N3O/c1-13-21(3)24(5,6)16-18-31-27(11,12)15-17-30-19-23(28-29-30)26(9,10)20-25(7,8)22(4)14-2/h19,21-22H,13-18,20H2,1-12H3. The van der Waals surface area contributed by atoms with Crippen LogP contribution in [0.15, 0.2) is 6.20 Å². The van der Waals surface area contributed by atoms with E-state index in [1.165, 1.54) is 12.8 Å². The van der Waals surface area contributed by atoms with E-state index >= 15 is 0 Å². The molecule has 2 unspecified atom stereocenters. The Kier molecular flexibility index (Phi) is 9.81. The molecule has 2 atom stereocenters. The summed E-state index contributed by atoms with van der Waals surface area (Å²) < 4.78 is 8.30. The van der Waals surface area contributed by atoms with Crippen LogP contribution in [0.25, 0.3) is 0 Å². The molecule has 31 heavy (non-hydrogen) atoms. The summed E-state index contributed by atoms with van der Waals surface area (Å²) in [5.74, 6) is 1.39. The Morgan fingerprint density at radius 2 is 1.42 bits per heavy atom. The smallest absolute Gasteiger partial charge is 0.0883 e. The Labute approximate surface area is 193 Å². The van der Waals surface area contributed by atoms with Gasteiger partial charge in [0, 0.05) is 24.8 Å². The summed E-state index contributed by atoms with van der Waals surface area (Å²) in [5.41, 5.74) is 1.55. The fourth-order valence-corrected chi connectivity index (χ4v) is 4.52. The topological polar surface area (TPSA) is 39.9 Å². The number of aromatic nitrogens is 3. The Balaban J connectivity index is 2.64. The summed E-state index contributed by atoms with van der Waals surface area (Å²) in [7, 11) is 0. The first-order chi connectivity index (χ1) is 14.1. The van der Waals surface area contributed by atoms with Crippen LogP contribution in [-0.4, -0.2) is 27.2 Å². The van der Waals surface area contributed by atoms with Gasteiger partial charge in [0.25, 0.3) is 0 Å². The molecule has 0 bridgehead atoms. The summed E-state index contributed by atoms with van der Waals surface area (Å²) in [6.45, 7) is 29.4. The van der Waals surface area contributed by atoms with E-state index in [0.29, 0.717) is 17.3 Å². The lowest BCUT2D eigenvalue weighted by atomic mass is 9.67. The van der Waals surface area contributed by atoms with Crippen LogP contribution in [0.1, 0.15) is 121 Å². The molecular formula is C27H53N3O. The fraction of sp³-hybridized carbons (Fsp3) is 0.926. The molecule has 1 aromatic rings. The van der Waals surface area contributed by atoms with E-state index < -0.39 is 0 Å². The highest BCUT2D eigenvalue weighted by atomic mass is 16.5. The molecule has 0 spiro atoms. The van der Waals surface area contributed by atoms with Crippen molar-refractivity contribution in [3.63, 3.8) is 0 Å². The van der Waals surface area contributed by atoms with Crippen LogP contribution in [0.3, 0.4) is 0 Å². The Morgan fingerprint density at radius 1 is 0.871 bits per heavy atom. The van der Waals surface area contributed by atoms with Crippen molar-refractivity contribution in [1.82, 2.24) is 15.0 Å². The van der Waals surface area contributed by atoms with Gasteiger partial charge in [0.15, 0.2) is 0 Å². The zero-order chi connectivity index (χ0) is 24.1. The first-order valence-corrected chi connectivity index (χ1v) is 12.6. The van der Waals surface area contributed by atoms with Crippen molar-refractivity contribution in [1.29, 1.82) is 0 Å². The lowest BCUT2D eigenvalue weighted by Gasteiger charge is -2.38. The predicted molar refractivity (Wildman–Crippen MR) is 133 cm³/mol. The van der Waals surface area contributed by atoms with Gasteiger partial charge in [-0.15, -0.1) is 5.10 Å². The maximum Gasteiger partial charge on any atom is 0.0883 e. The monoisotopic (exact) mass is 435 g/mol. The number of hydrogen-bond donors (Lipinski definition) is 0. The second kappa shape index (κ2) is 10.8. The molecule has 0 amide bonds. The highest BCUT2D eigenvalue weighted by molar-refractivity contribution is 5.10. The van der Waals surface area contributed by atoms with Gasteiger partial charge in [-0.25, -0.2) is 0 Å². The Hall–Kier alpha value is -0.900. The van der Waals surface area contributed by atoms with Gasteiger partial charge in [-0.05, 0) is 55.8 Å². The summed E-state index contributed by atoms with van der Waals surface area (Å²) in [6.07, 6.45) is 7.70. The molecular weight excluding hydrogens is 382 g/mol. The van der Waals surface area contributed by atoms with Crippen molar-refractivity contribution >= 4 is 0 Å². The molecule has 0 aliphatic carbocycles. The van der Waals surface area contributed by atoms with Crippen molar-refractivity contribution in [3.05, 3.63) is 11.9 Å². The average molecular weight is 436 g/mol. The van der Waals surface area contributed by atoms with Crippen molar-refractivity contribution in [3.8, 4) is 0 Å². The molecule has 1 heterocycles. The third-order valence-electron chi connectivity index (χ3n) is 8.20. The van der Waals surface area contributed by atoms with E-state index in [-0.39, 0.29) is 16.4 Å². The van der Waals surface area contributed by atoms with Gasteiger partial charge in [-0.1, -0.05) is 87.3 Å². The first kappa shape index (κ1) is 28.1. The zero-order valence-electron chi connectivity index (χ0n) is 22.9. The Morgan fingerprint density at radius 3 is 1.97 bits per heavy atom. The first-order valence-electron chi connectivity index (χ1n) is 12.6. The highest BCUT2D eigenvalue weighted by Gasteiger charge is 2.35. The van der Waals surface area contributed by atoms with E-state index in [1.54, 1.807) is 0 Å². The molecule has 0 saturated carbocycles. The molecule has 0 aliphatic rings. The largest absolute Gasteiger partial charge is 0.375 e. The number of aryl methyl sites for hydroxylation is 1. The third kappa shape index (κ3) is 8.51. The molecule has 4 nitrogen and oxygen atoms in total. The van der Waals surface area contributed by atoms with Crippen LogP contribution >= 0.6 is 0 Å². The predicted octanol–water partition coefficient (Wildman–Crippen LogP) is 7.67. The number of nitrogens with zero attached hydrogens (tertiary/aromatic N) is 3. The molecule has 182 valence electrons. The Bertz CT molecular complexity index is 657. The molecule has 4 heteroatoms. The molecule has 0 N–H and O–H groups in total. The zero-order valence-corrected chi connectivity index (χ0v) is 22.9. The van der Waals surface area contributed by atoms with E-state index in [2.05, 4.69) is 99.6 Å². The number of ether oxygens (including phenoxy) is 1. The maximum atomic E-state index is 6.30. The summed E-state index contributed by atoms with van der Waals surface area (Å²) in [6, 6.07) is 0. The molecule has 1 rings (SSSR count). The highest BCUT2D eigenvalue weighted by Crippen LogP contribution is 2.41. The molecule has 0 saturated heterocycles. The molecule has 0 fully saturated rings. The summed E-state index contributed by atoms with van der Waals surface area (Å²) in [5, 5.41) is 9.00. The molecule has 0 radical (unpaired) electrons. The minimum atomic E-state index is -0.161. The van der Waals surface area contributed by atoms with Crippen molar-refractivity contribution in [2.24, 2.45) is 22.7 Å². The van der Waals surface area contributed by atoms with Gasteiger partial charge < -0.3 is 4.74 Å². The number of rotatable bonds is 14. The van der Waals surface area contributed by atoms with Crippen LogP contribution < -0.4 is 0 Å². The van der Waals surface area contributed by atoms with Gasteiger partial charge in [0.1, 0.15) is 0 Å². The summed E-state index contributed by atoms with van der Waals surface area (Å²) in [4.78, 5) is 0.